The highest BCUT2D eigenvalue weighted by molar-refractivity contribution is 7.98. The van der Waals surface area contributed by atoms with E-state index in [4.69, 9.17) is 22.7 Å². The second-order valence-corrected chi connectivity index (χ2v) is 5.36. The largest absolute Gasteiger partial charge is 0.384 e. The highest BCUT2D eigenvalue weighted by atomic mass is 35.5. The van der Waals surface area contributed by atoms with Crippen LogP contribution in [-0.2, 0) is 5.75 Å². The van der Waals surface area contributed by atoms with Crippen LogP contribution in [0.5, 0.6) is 0 Å². The average Bonchev–Trinajstić information content (AvgIpc) is 2.39. The van der Waals surface area contributed by atoms with E-state index in [-0.39, 0.29) is 11.7 Å². The van der Waals surface area contributed by atoms with Gasteiger partial charge in [-0.3, -0.25) is 5.41 Å². The molecule has 0 aliphatic carbocycles. The molecule has 0 fully saturated rings. The van der Waals surface area contributed by atoms with Crippen LogP contribution in [0.15, 0.2) is 47.4 Å². The van der Waals surface area contributed by atoms with Gasteiger partial charge in [0.1, 0.15) is 11.7 Å². The summed E-state index contributed by atoms with van der Waals surface area (Å²) in [6.45, 7) is 0. The fraction of sp³-hybridized carbons (Fsp3) is 0.0714. The van der Waals surface area contributed by atoms with Crippen molar-refractivity contribution in [1.82, 2.24) is 0 Å². The Balaban J connectivity index is 2.12. The molecule has 0 aromatic heterocycles. The maximum atomic E-state index is 13.8. The van der Waals surface area contributed by atoms with Gasteiger partial charge >= 0.3 is 0 Å². The Hall–Kier alpha value is -1.52. The highest BCUT2D eigenvalue weighted by Crippen LogP contribution is 2.28. The zero-order chi connectivity index (χ0) is 13.8. The van der Waals surface area contributed by atoms with Gasteiger partial charge in [0.25, 0.3) is 0 Å². The van der Waals surface area contributed by atoms with Crippen LogP contribution in [0.25, 0.3) is 0 Å². The Morgan fingerprint density at radius 1 is 1.26 bits per heavy atom. The van der Waals surface area contributed by atoms with Crippen molar-refractivity contribution >= 4 is 29.2 Å². The molecule has 0 heterocycles. The summed E-state index contributed by atoms with van der Waals surface area (Å²) in [5, 5.41) is 7.93. The first kappa shape index (κ1) is 13.9. The summed E-state index contributed by atoms with van der Waals surface area (Å²) in [5.74, 6) is 0.0852. The molecule has 98 valence electrons. The SMILES string of the molecule is N=C(N)c1ccc(SCc2ccccc2Cl)c(F)c1. The van der Waals surface area contributed by atoms with Crippen LogP contribution in [-0.4, -0.2) is 5.84 Å². The molecule has 0 aliphatic rings. The summed E-state index contributed by atoms with van der Waals surface area (Å²) < 4.78 is 13.8. The molecule has 2 nitrogen and oxygen atoms in total. The van der Waals surface area contributed by atoms with E-state index >= 15 is 0 Å². The Morgan fingerprint density at radius 3 is 2.63 bits per heavy atom. The highest BCUT2D eigenvalue weighted by Gasteiger charge is 2.07. The Labute approximate surface area is 120 Å². The molecule has 0 aliphatic heterocycles. The molecule has 3 N–H and O–H groups in total. The van der Waals surface area contributed by atoms with Gasteiger partial charge in [0, 0.05) is 21.2 Å². The van der Waals surface area contributed by atoms with Crippen molar-refractivity contribution in [2.24, 2.45) is 5.73 Å². The zero-order valence-electron chi connectivity index (χ0n) is 9.99. The van der Waals surface area contributed by atoms with Gasteiger partial charge in [0.05, 0.1) is 0 Å². The third-order valence-corrected chi connectivity index (χ3v) is 4.05. The van der Waals surface area contributed by atoms with Crippen molar-refractivity contribution < 1.29 is 4.39 Å². The van der Waals surface area contributed by atoms with Gasteiger partial charge in [-0.15, -0.1) is 11.8 Å². The number of nitrogens with two attached hydrogens (primary N) is 1. The van der Waals surface area contributed by atoms with E-state index in [0.29, 0.717) is 21.2 Å². The molecule has 5 heteroatoms. The molecule has 0 atom stereocenters. The molecule has 0 spiro atoms. The van der Waals surface area contributed by atoms with E-state index in [2.05, 4.69) is 0 Å². The maximum Gasteiger partial charge on any atom is 0.137 e. The molecule has 19 heavy (non-hydrogen) atoms. The Bertz CT molecular complexity index is 616. The predicted molar refractivity (Wildman–Crippen MR) is 78.4 cm³/mol. The van der Waals surface area contributed by atoms with Gasteiger partial charge < -0.3 is 5.73 Å². The van der Waals surface area contributed by atoms with Crippen molar-refractivity contribution in [3.05, 3.63) is 64.4 Å². The number of nitrogens with one attached hydrogen (secondary N) is 1. The first-order chi connectivity index (χ1) is 9.08. The van der Waals surface area contributed by atoms with E-state index in [0.717, 1.165) is 5.56 Å². The molecule has 0 saturated heterocycles. The number of hydrogen-bond acceptors (Lipinski definition) is 2. The molecule has 0 amide bonds. The van der Waals surface area contributed by atoms with Crippen molar-refractivity contribution in [3.63, 3.8) is 0 Å². The van der Waals surface area contributed by atoms with Crippen LogP contribution in [0.2, 0.25) is 5.02 Å². The number of rotatable bonds is 4. The van der Waals surface area contributed by atoms with Gasteiger partial charge in [-0.05, 0) is 29.8 Å². The molecular formula is C14H12ClFN2S. The topological polar surface area (TPSA) is 49.9 Å². The number of halogens is 2. The van der Waals surface area contributed by atoms with Crippen molar-refractivity contribution in [2.75, 3.05) is 0 Å². The number of hydrogen-bond donors (Lipinski definition) is 2. The molecular weight excluding hydrogens is 283 g/mol. The molecule has 0 unspecified atom stereocenters. The Morgan fingerprint density at radius 2 is 2.00 bits per heavy atom. The van der Waals surface area contributed by atoms with Crippen molar-refractivity contribution in [3.8, 4) is 0 Å². The standard InChI is InChI=1S/C14H12ClFN2S/c15-11-4-2-1-3-10(11)8-19-13-6-5-9(14(17)18)7-12(13)16/h1-7H,8H2,(H3,17,18). The minimum Gasteiger partial charge on any atom is -0.384 e. The lowest BCUT2D eigenvalue weighted by Crippen LogP contribution is -2.11. The maximum absolute atomic E-state index is 13.8. The van der Waals surface area contributed by atoms with Crippen molar-refractivity contribution in [2.45, 2.75) is 10.6 Å². The zero-order valence-corrected chi connectivity index (χ0v) is 11.6. The molecule has 2 aromatic rings. The van der Waals surface area contributed by atoms with Crippen LogP contribution in [0, 0.1) is 11.2 Å². The predicted octanol–water partition coefficient (Wildman–Crippen LogP) is 4.06. The monoisotopic (exact) mass is 294 g/mol. The fourth-order valence-corrected chi connectivity index (χ4v) is 2.76. The van der Waals surface area contributed by atoms with Gasteiger partial charge in [-0.2, -0.15) is 0 Å². The summed E-state index contributed by atoms with van der Waals surface area (Å²) in [6, 6.07) is 12.0. The van der Waals surface area contributed by atoms with Gasteiger partial charge in [0.2, 0.25) is 0 Å². The minimum absolute atomic E-state index is 0.137. The number of nitrogen functional groups attached to an aromatic ring is 1. The van der Waals surface area contributed by atoms with Gasteiger partial charge in [0.15, 0.2) is 0 Å². The summed E-state index contributed by atoms with van der Waals surface area (Å²) >= 11 is 7.41. The first-order valence-electron chi connectivity index (χ1n) is 5.58. The molecule has 0 radical (unpaired) electrons. The Kier molecular flexibility index (Phi) is 4.45. The number of thioether (sulfide) groups is 1. The second-order valence-electron chi connectivity index (χ2n) is 3.94. The van der Waals surface area contributed by atoms with Crippen LogP contribution >= 0.6 is 23.4 Å². The van der Waals surface area contributed by atoms with Gasteiger partial charge in [-0.25, -0.2) is 4.39 Å². The second kappa shape index (κ2) is 6.08. The van der Waals surface area contributed by atoms with E-state index in [1.807, 2.05) is 24.3 Å². The van der Waals surface area contributed by atoms with E-state index in [1.54, 1.807) is 12.1 Å². The molecule has 0 bridgehead atoms. The number of benzene rings is 2. The normalized spacial score (nSPS) is 10.4. The summed E-state index contributed by atoms with van der Waals surface area (Å²) in [5.41, 5.74) is 6.66. The molecule has 2 aromatic carbocycles. The van der Waals surface area contributed by atoms with Crippen molar-refractivity contribution in [1.29, 1.82) is 5.41 Å². The smallest absolute Gasteiger partial charge is 0.137 e. The van der Waals surface area contributed by atoms with Gasteiger partial charge in [-0.1, -0.05) is 29.8 Å². The lowest BCUT2D eigenvalue weighted by molar-refractivity contribution is 0.601. The molecule has 2 rings (SSSR count). The average molecular weight is 295 g/mol. The minimum atomic E-state index is -0.371. The van der Waals surface area contributed by atoms with Crippen LogP contribution in [0.3, 0.4) is 0 Å². The third kappa shape index (κ3) is 3.49. The third-order valence-electron chi connectivity index (χ3n) is 2.58. The van der Waals surface area contributed by atoms with Crippen LogP contribution in [0.1, 0.15) is 11.1 Å². The van der Waals surface area contributed by atoms with Crippen LogP contribution in [0.4, 0.5) is 4.39 Å². The van der Waals surface area contributed by atoms with E-state index < -0.39 is 0 Å². The molecule has 0 saturated carbocycles. The quantitative estimate of drug-likeness (QED) is 0.507. The van der Waals surface area contributed by atoms with E-state index in [9.17, 15) is 4.39 Å². The summed E-state index contributed by atoms with van der Waals surface area (Å²) in [7, 11) is 0. The van der Waals surface area contributed by atoms with E-state index in [1.165, 1.54) is 17.8 Å². The fourth-order valence-electron chi connectivity index (χ4n) is 1.56. The van der Waals surface area contributed by atoms with Crippen LogP contribution < -0.4 is 5.73 Å². The summed E-state index contributed by atoms with van der Waals surface area (Å²) in [6.07, 6.45) is 0. The lowest BCUT2D eigenvalue weighted by Gasteiger charge is -2.06. The summed E-state index contributed by atoms with van der Waals surface area (Å²) in [4.78, 5) is 0.518. The number of amidine groups is 1. The lowest BCUT2D eigenvalue weighted by atomic mass is 10.2. The first-order valence-corrected chi connectivity index (χ1v) is 6.94.